The fourth-order valence-corrected chi connectivity index (χ4v) is 1.99. The highest BCUT2D eigenvalue weighted by Gasteiger charge is 2.25. The van der Waals surface area contributed by atoms with Crippen LogP contribution in [0.3, 0.4) is 0 Å². The maximum atomic E-state index is 13.4. The average Bonchev–Trinajstić information content (AvgIpc) is 2.32. The number of benzene rings is 1. The third kappa shape index (κ3) is 3.05. The van der Waals surface area contributed by atoms with Gasteiger partial charge in [-0.15, -0.1) is 0 Å². The van der Waals surface area contributed by atoms with E-state index in [2.05, 4.69) is 10.6 Å². The van der Waals surface area contributed by atoms with E-state index in [0.29, 0.717) is 23.4 Å². The van der Waals surface area contributed by atoms with Crippen LogP contribution in [0.15, 0.2) is 18.2 Å². The Bertz CT molecular complexity index is 493. The zero-order chi connectivity index (χ0) is 13.1. The molecule has 0 spiro atoms. The first-order valence-electron chi connectivity index (χ1n) is 5.57. The molecule has 1 aliphatic heterocycles. The molecule has 1 saturated heterocycles. The second kappa shape index (κ2) is 5.46. The molecule has 0 bridgehead atoms. The molecule has 0 radical (unpaired) electrons. The summed E-state index contributed by atoms with van der Waals surface area (Å²) in [7, 11) is 0. The minimum atomic E-state index is -0.471. The summed E-state index contributed by atoms with van der Waals surface area (Å²) in [5.41, 5.74) is 0.396. The molecule has 1 atom stereocenters. The Hall–Kier alpha value is -1.46. The second-order valence-corrected chi connectivity index (χ2v) is 4.56. The van der Waals surface area contributed by atoms with E-state index in [1.54, 1.807) is 0 Å². The van der Waals surface area contributed by atoms with Crippen LogP contribution >= 0.6 is 11.6 Å². The van der Waals surface area contributed by atoms with Crippen LogP contribution < -0.4 is 10.6 Å². The summed E-state index contributed by atoms with van der Waals surface area (Å²) in [6, 6.07) is 3.78. The molecule has 6 heteroatoms. The smallest absolute Gasteiger partial charge is 0.243 e. The summed E-state index contributed by atoms with van der Waals surface area (Å²) >= 11 is 5.77. The number of hydrogen-bond donors (Lipinski definition) is 2. The zero-order valence-electron chi connectivity index (χ0n) is 9.50. The van der Waals surface area contributed by atoms with Crippen molar-refractivity contribution in [1.29, 1.82) is 0 Å². The Labute approximate surface area is 109 Å². The minimum absolute atomic E-state index is 0.193. The SMILES string of the molecule is O=C1CCC(NCc2cc(Cl)ccc2F)C(=O)N1. The molecule has 0 saturated carbocycles. The van der Waals surface area contributed by atoms with Crippen LogP contribution in [-0.4, -0.2) is 17.9 Å². The first-order chi connectivity index (χ1) is 8.56. The Morgan fingerprint density at radius 1 is 1.44 bits per heavy atom. The predicted octanol–water partition coefficient (Wildman–Crippen LogP) is 1.37. The van der Waals surface area contributed by atoms with E-state index in [1.807, 2.05) is 0 Å². The molecule has 0 aliphatic carbocycles. The van der Waals surface area contributed by atoms with Gasteiger partial charge in [-0.2, -0.15) is 0 Å². The van der Waals surface area contributed by atoms with E-state index >= 15 is 0 Å². The molecule has 2 amide bonds. The summed E-state index contributed by atoms with van der Waals surface area (Å²) in [5.74, 6) is -1.01. The van der Waals surface area contributed by atoms with Crippen molar-refractivity contribution in [2.75, 3.05) is 0 Å². The number of carbonyl (C=O) groups excluding carboxylic acids is 2. The number of imide groups is 1. The Kier molecular flexibility index (Phi) is 3.93. The lowest BCUT2D eigenvalue weighted by atomic mass is 10.1. The summed E-state index contributed by atoms with van der Waals surface area (Å²) < 4.78 is 13.4. The first kappa shape index (κ1) is 13.0. The van der Waals surface area contributed by atoms with Crippen molar-refractivity contribution in [1.82, 2.24) is 10.6 Å². The maximum absolute atomic E-state index is 13.4. The number of hydrogen-bond acceptors (Lipinski definition) is 3. The lowest BCUT2D eigenvalue weighted by Gasteiger charge is -2.22. The van der Waals surface area contributed by atoms with E-state index in [1.165, 1.54) is 18.2 Å². The van der Waals surface area contributed by atoms with Gasteiger partial charge in [0, 0.05) is 23.6 Å². The standard InChI is InChI=1S/C12H12ClFN2O2/c13-8-1-2-9(14)7(5-8)6-15-10-3-4-11(17)16-12(10)18/h1-2,5,10,15H,3-4,6H2,(H,16,17,18). The van der Waals surface area contributed by atoms with Gasteiger partial charge in [0.05, 0.1) is 6.04 Å². The summed E-state index contributed by atoms with van der Waals surface area (Å²) in [5, 5.41) is 5.59. The highest BCUT2D eigenvalue weighted by Crippen LogP contribution is 2.15. The van der Waals surface area contributed by atoms with Gasteiger partial charge < -0.3 is 5.32 Å². The van der Waals surface area contributed by atoms with E-state index in [9.17, 15) is 14.0 Å². The molecule has 1 aliphatic rings. The van der Waals surface area contributed by atoms with Gasteiger partial charge in [0.1, 0.15) is 5.82 Å². The van der Waals surface area contributed by atoms with Gasteiger partial charge in [-0.05, 0) is 24.6 Å². The number of piperidine rings is 1. The van der Waals surface area contributed by atoms with Gasteiger partial charge in [0.25, 0.3) is 0 Å². The van der Waals surface area contributed by atoms with Gasteiger partial charge in [0.2, 0.25) is 11.8 Å². The Morgan fingerprint density at radius 2 is 2.22 bits per heavy atom. The van der Waals surface area contributed by atoms with Crippen LogP contribution in [0.2, 0.25) is 5.02 Å². The minimum Gasteiger partial charge on any atom is -0.302 e. The molecule has 1 aromatic carbocycles. The fraction of sp³-hybridized carbons (Fsp3) is 0.333. The summed E-state index contributed by atoms with van der Waals surface area (Å²) in [6.45, 7) is 0.193. The molecule has 1 fully saturated rings. The number of amides is 2. The van der Waals surface area contributed by atoms with Crippen LogP contribution in [0, 0.1) is 5.82 Å². The first-order valence-corrected chi connectivity index (χ1v) is 5.95. The van der Waals surface area contributed by atoms with Crippen molar-refractivity contribution in [3.05, 3.63) is 34.6 Å². The van der Waals surface area contributed by atoms with Crippen LogP contribution in [0.4, 0.5) is 4.39 Å². The normalized spacial score (nSPS) is 19.8. The van der Waals surface area contributed by atoms with Crippen molar-refractivity contribution < 1.29 is 14.0 Å². The molecule has 4 nitrogen and oxygen atoms in total. The van der Waals surface area contributed by atoms with Gasteiger partial charge in [-0.25, -0.2) is 4.39 Å². The number of halogens is 2. The monoisotopic (exact) mass is 270 g/mol. The highest BCUT2D eigenvalue weighted by molar-refractivity contribution is 6.30. The van der Waals surface area contributed by atoms with Crippen molar-refractivity contribution in [3.63, 3.8) is 0 Å². The molecule has 2 N–H and O–H groups in total. The molecular formula is C12H12ClFN2O2. The van der Waals surface area contributed by atoms with Crippen molar-refractivity contribution in [3.8, 4) is 0 Å². The van der Waals surface area contributed by atoms with Crippen LogP contribution in [0.1, 0.15) is 18.4 Å². The topological polar surface area (TPSA) is 58.2 Å². The van der Waals surface area contributed by atoms with Crippen molar-refractivity contribution in [2.45, 2.75) is 25.4 Å². The second-order valence-electron chi connectivity index (χ2n) is 4.12. The number of carbonyl (C=O) groups is 2. The summed E-state index contributed by atoms with van der Waals surface area (Å²) in [4.78, 5) is 22.4. The van der Waals surface area contributed by atoms with Crippen LogP contribution in [0.25, 0.3) is 0 Å². The lowest BCUT2D eigenvalue weighted by Crippen LogP contribution is -2.50. The molecule has 1 aromatic rings. The van der Waals surface area contributed by atoms with Crippen LogP contribution in [0.5, 0.6) is 0 Å². The average molecular weight is 271 g/mol. The third-order valence-electron chi connectivity index (χ3n) is 2.79. The van der Waals surface area contributed by atoms with Gasteiger partial charge in [-0.1, -0.05) is 11.6 Å². The molecule has 1 heterocycles. The zero-order valence-corrected chi connectivity index (χ0v) is 10.3. The predicted molar refractivity (Wildman–Crippen MR) is 64.4 cm³/mol. The van der Waals surface area contributed by atoms with E-state index < -0.39 is 6.04 Å². The third-order valence-corrected chi connectivity index (χ3v) is 3.02. The van der Waals surface area contributed by atoms with E-state index in [-0.39, 0.29) is 24.2 Å². The van der Waals surface area contributed by atoms with Gasteiger partial charge in [-0.3, -0.25) is 14.9 Å². The van der Waals surface area contributed by atoms with Crippen molar-refractivity contribution >= 4 is 23.4 Å². The summed E-state index contributed by atoms with van der Waals surface area (Å²) in [6.07, 6.45) is 0.717. The number of nitrogens with one attached hydrogen (secondary N) is 2. The molecule has 96 valence electrons. The number of rotatable bonds is 3. The van der Waals surface area contributed by atoms with E-state index in [0.717, 1.165) is 0 Å². The molecular weight excluding hydrogens is 259 g/mol. The highest BCUT2D eigenvalue weighted by atomic mass is 35.5. The maximum Gasteiger partial charge on any atom is 0.243 e. The fourth-order valence-electron chi connectivity index (χ4n) is 1.80. The van der Waals surface area contributed by atoms with Gasteiger partial charge >= 0.3 is 0 Å². The lowest BCUT2D eigenvalue weighted by molar-refractivity contribution is -0.134. The largest absolute Gasteiger partial charge is 0.302 e. The Balaban J connectivity index is 1.97. The molecule has 2 rings (SSSR count). The van der Waals surface area contributed by atoms with E-state index in [4.69, 9.17) is 11.6 Å². The molecule has 0 aromatic heterocycles. The van der Waals surface area contributed by atoms with Gasteiger partial charge in [0.15, 0.2) is 0 Å². The molecule has 18 heavy (non-hydrogen) atoms. The molecule has 1 unspecified atom stereocenters. The Morgan fingerprint density at radius 3 is 2.94 bits per heavy atom. The quantitative estimate of drug-likeness (QED) is 0.816. The van der Waals surface area contributed by atoms with Crippen molar-refractivity contribution in [2.24, 2.45) is 0 Å². The van der Waals surface area contributed by atoms with Crippen LogP contribution in [-0.2, 0) is 16.1 Å².